The summed E-state index contributed by atoms with van der Waals surface area (Å²) < 4.78 is 33.7. The van der Waals surface area contributed by atoms with E-state index in [0.29, 0.717) is 41.7 Å². The third kappa shape index (κ3) is 6.50. The van der Waals surface area contributed by atoms with E-state index in [0.717, 1.165) is 4.31 Å². The number of hydrogen-bond donors (Lipinski definition) is 4. The SMILES string of the molecule is CNCCNCc1cccc(C(=O)NO)c1N(C)S(=O)(=O)c1ccc(Oc2ccc(Cl)cc2)cc1. The van der Waals surface area contributed by atoms with E-state index >= 15 is 0 Å². The first-order valence-electron chi connectivity index (χ1n) is 10.7. The van der Waals surface area contributed by atoms with Gasteiger partial charge in [0.05, 0.1) is 16.1 Å². The number of nitrogens with zero attached hydrogens (tertiary/aromatic N) is 1. The van der Waals surface area contributed by atoms with Gasteiger partial charge >= 0.3 is 0 Å². The molecular weight excluding hydrogens is 492 g/mol. The lowest BCUT2D eigenvalue weighted by Crippen LogP contribution is -2.32. The second-order valence-corrected chi connectivity index (χ2v) is 9.94. The Bertz CT molecular complexity index is 1250. The van der Waals surface area contributed by atoms with Crippen molar-refractivity contribution in [1.29, 1.82) is 0 Å². The van der Waals surface area contributed by atoms with Gasteiger partial charge in [-0.2, -0.15) is 0 Å². The third-order valence-electron chi connectivity index (χ3n) is 5.18. The normalized spacial score (nSPS) is 11.2. The molecule has 0 saturated carbocycles. The van der Waals surface area contributed by atoms with Crippen LogP contribution < -0.4 is 25.2 Å². The summed E-state index contributed by atoms with van der Waals surface area (Å²) in [5.74, 6) is 0.190. The van der Waals surface area contributed by atoms with Crippen LogP contribution in [-0.2, 0) is 16.6 Å². The number of amides is 1. The van der Waals surface area contributed by atoms with Gasteiger partial charge in [0.1, 0.15) is 11.5 Å². The van der Waals surface area contributed by atoms with Gasteiger partial charge < -0.3 is 15.4 Å². The largest absolute Gasteiger partial charge is 0.457 e. The zero-order valence-electron chi connectivity index (χ0n) is 19.3. The molecule has 186 valence electrons. The van der Waals surface area contributed by atoms with Crippen LogP contribution in [0.15, 0.2) is 71.6 Å². The van der Waals surface area contributed by atoms with Gasteiger partial charge in [0.2, 0.25) is 0 Å². The van der Waals surface area contributed by atoms with Crippen molar-refractivity contribution < 1.29 is 23.2 Å². The van der Waals surface area contributed by atoms with Crippen molar-refractivity contribution in [2.75, 3.05) is 31.5 Å². The molecule has 0 aliphatic rings. The van der Waals surface area contributed by atoms with Gasteiger partial charge in [-0.1, -0.05) is 23.7 Å². The summed E-state index contributed by atoms with van der Waals surface area (Å²) in [4.78, 5) is 12.3. The highest BCUT2D eigenvalue weighted by molar-refractivity contribution is 7.92. The van der Waals surface area contributed by atoms with Gasteiger partial charge in [-0.3, -0.25) is 14.3 Å². The van der Waals surface area contributed by atoms with Crippen molar-refractivity contribution >= 4 is 33.2 Å². The molecule has 0 fully saturated rings. The number of rotatable bonds is 11. The summed E-state index contributed by atoms with van der Waals surface area (Å²) in [6, 6.07) is 17.5. The lowest BCUT2D eigenvalue weighted by Gasteiger charge is -2.25. The van der Waals surface area contributed by atoms with Gasteiger partial charge in [-0.25, -0.2) is 13.9 Å². The number of sulfonamides is 1. The molecule has 4 N–H and O–H groups in total. The number of para-hydroxylation sites is 1. The Morgan fingerprint density at radius 1 is 1.00 bits per heavy atom. The number of benzene rings is 3. The summed E-state index contributed by atoms with van der Waals surface area (Å²) in [6.45, 7) is 1.67. The van der Waals surface area contributed by atoms with E-state index in [-0.39, 0.29) is 16.1 Å². The maximum atomic E-state index is 13.5. The van der Waals surface area contributed by atoms with Gasteiger partial charge in [-0.05, 0) is 67.2 Å². The highest BCUT2D eigenvalue weighted by Gasteiger charge is 2.27. The van der Waals surface area contributed by atoms with E-state index in [1.807, 2.05) is 7.05 Å². The first-order chi connectivity index (χ1) is 16.8. The first-order valence-corrected chi connectivity index (χ1v) is 12.5. The number of ether oxygens (including phenoxy) is 1. The quantitative estimate of drug-likeness (QED) is 0.174. The molecule has 0 radical (unpaired) electrons. The number of carbonyl (C=O) groups excluding carboxylic acids is 1. The summed E-state index contributed by atoms with van der Waals surface area (Å²) in [5.41, 5.74) is 2.36. The number of carbonyl (C=O) groups is 1. The fourth-order valence-electron chi connectivity index (χ4n) is 3.38. The fourth-order valence-corrected chi connectivity index (χ4v) is 4.76. The van der Waals surface area contributed by atoms with Crippen molar-refractivity contribution in [2.24, 2.45) is 0 Å². The van der Waals surface area contributed by atoms with Crippen LogP contribution in [0.3, 0.4) is 0 Å². The van der Waals surface area contributed by atoms with E-state index in [2.05, 4.69) is 10.6 Å². The Morgan fingerprint density at radius 2 is 1.63 bits per heavy atom. The van der Waals surface area contributed by atoms with E-state index in [1.165, 1.54) is 25.2 Å². The highest BCUT2D eigenvalue weighted by atomic mass is 35.5. The van der Waals surface area contributed by atoms with Crippen LogP contribution in [0.25, 0.3) is 0 Å². The molecule has 0 aromatic heterocycles. The standard InChI is InChI=1S/C24H27ClN4O5S/c1-26-14-15-27-16-17-4-3-5-22(24(30)28-31)23(17)29(2)35(32,33)21-12-10-20(11-13-21)34-19-8-6-18(25)7-9-19/h3-13,26-27,31H,14-16H2,1-2H3,(H,28,30). The minimum Gasteiger partial charge on any atom is -0.457 e. The minimum absolute atomic E-state index is 0.0109. The number of nitrogens with one attached hydrogen (secondary N) is 3. The Hall–Kier alpha value is -3.15. The third-order valence-corrected chi connectivity index (χ3v) is 7.20. The predicted octanol–water partition coefficient (Wildman–Crippen LogP) is 3.39. The number of likely N-dealkylation sites (N-methyl/N-ethyl adjacent to an activating group) is 1. The second kappa shape index (κ2) is 12.0. The number of hydroxylamine groups is 1. The zero-order chi connectivity index (χ0) is 25.4. The summed E-state index contributed by atoms with van der Waals surface area (Å²) >= 11 is 5.89. The van der Waals surface area contributed by atoms with Gasteiger partial charge in [0, 0.05) is 31.7 Å². The smallest absolute Gasteiger partial charge is 0.276 e. The molecule has 0 spiro atoms. The molecule has 0 bridgehead atoms. The molecule has 0 atom stereocenters. The Morgan fingerprint density at radius 3 is 2.23 bits per heavy atom. The fraction of sp³-hybridized carbons (Fsp3) is 0.208. The molecule has 3 aromatic rings. The zero-order valence-corrected chi connectivity index (χ0v) is 20.9. The average molecular weight is 519 g/mol. The molecule has 0 heterocycles. The van der Waals surface area contributed by atoms with Crippen molar-refractivity contribution in [3.05, 3.63) is 82.9 Å². The predicted molar refractivity (Wildman–Crippen MR) is 135 cm³/mol. The molecule has 0 unspecified atom stereocenters. The van der Waals surface area contributed by atoms with Crippen LogP contribution >= 0.6 is 11.6 Å². The van der Waals surface area contributed by atoms with Crippen molar-refractivity contribution in [2.45, 2.75) is 11.4 Å². The monoisotopic (exact) mass is 518 g/mol. The molecule has 11 heteroatoms. The Balaban J connectivity index is 1.90. The van der Waals surface area contributed by atoms with Gasteiger partial charge in [-0.15, -0.1) is 0 Å². The Kier molecular flexibility index (Phi) is 9.07. The molecule has 0 aliphatic heterocycles. The lowest BCUT2D eigenvalue weighted by molar-refractivity contribution is 0.0707. The topological polar surface area (TPSA) is 120 Å². The average Bonchev–Trinajstić information content (AvgIpc) is 2.87. The first kappa shape index (κ1) is 26.5. The van der Waals surface area contributed by atoms with Crippen LogP contribution in [0.4, 0.5) is 5.69 Å². The molecule has 3 aromatic carbocycles. The van der Waals surface area contributed by atoms with E-state index < -0.39 is 15.9 Å². The molecule has 0 saturated heterocycles. The maximum absolute atomic E-state index is 13.5. The van der Waals surface area contributed by atoms with E-state index in [9.17, 15) is 18.4 Å². The number of halogens is 1. The lowest BCUT2D eigenvalue weighted by atomic mass is 10.1. The van der Waals surface area contributed by atoms with Gasteiger partial charge in [0.25, 0.3) is 15.9 Å². The summed E-state index contributed by atoms with van der Waals surface area (Å²) in [5, 5.41) is 16.0. The highest BCUT2D eigenvalue weighted by Crippen LogP contribution is 2.31. The summed E-state index contributed by atoms with van der Waals surface area (Å²) in [7, 11) is -0.857. The molecule has 0 aliphatic carbocycles. The van der Waals surface area contributed by atoms with E-state index in [1.54, 1.807) is 54.0 Å². The van der Waals surface area contributed by atoms with Crippen LogP contribution in [0.1, 0.15) is 15.9 Å². The van der Waals surface area contributed by atoms with Crippen molar-refractivity contribution in [3.8, 4) is 11.5 Å². The van der Waals surface area contributed by atoms with Crippen LogP contribution in [0, 0.1) is 0 Å². The minimum atomic E-state index is -4.05. The van der Waals surface area contributed by atoms with Crippen LogP contribution in [0.2, 0.25) is 5.02 Å². The molecule has 35 heavy (non-hydrogen) atoms. The molecule has 1 amide bonds. The summed E-state index contributed by atoms with van der Waals surface area (Å²) in [6.07, 6.45) is 0. The van der Waals surface area contributed by atoms with Crippen LogP contribution in [-0.4, -0.2) is 46.7 Å². The van der Waals surface area contributed by atoms with Crippen LogP contribution in [0.5, 0.6) is 11.5 Å². The number of anilines is 1. The molecule has 3 rings (SSSR count). The van der Waals surface area contributed by atoms with Crippen molar-refractivity contribution in [3.63, 3.8) is 0 Å². The van der Waals surface area contributed by atoms with Gasteiger partial charge in [0.15, 0.2) is 0 Å². The molecule has 9 nitrogen and oxygen atoms in total. The van der Waals surface area contributed by atoms with Crippen molar-refractivity contribution in [1.82, 2.24) is 16.1 Å². The Labute approximate surface area is 209 Å². The second-order valence-electron chi connectivity index (χ2n) is 7.53. The number of hydrogen-bond acceptors (Lipinski definition) is 7. The molecular formula is C24H27ClN4O5S. The maximum Gasteiger partial charge on any atom is 0.276 e. The van der Waals surface area contributed by atoms with E-state index in [4.69, 9.17) is 16.3 Å².